The number of hydrogen-bond acceptors (Lipinski definition) is 4. The van der Waals surface area contributed by atoms with Crippen LogP contribution in [-0.2, 0) is 4.79 Å². The zero-order valence-electron chi connectivity index (χ0n) is 9.61. The molecule has 0 bridgehead atoms. The Balaban J connectivity index is 2.20. The van der Waals surface area contributed by atoms with E-state index >= 15 is 0 Å². The number of phenols is 1. The van der Waals surface area contributed by atoms with Crippen molar-refractivity contribution in [1.82, 2.24) is 9.21 Å². The van der Waals surface area contributed by atoms with Gasteiger partial charge in [0.1, 0.15) is 5.75 Å². The molecule has 1 aliphatic rings. The fourth-order valence-corrected chi connectivity index (χ4v) is 2.89. The maximum atomic E-state index is 11.4. The first kappa shape index (κ1) is 12.5. The number of phenolic OH excluding ortho intramolecular Hbond substituents is 1. The highest BCUT2D eigenvalue weighted by molar-refractivity contribution is 7.97. The number of carbonyl (C=O) groups excluding carboxylic acids is 1. The molecular weight excluding hydrogens is 260 g/mol. The Morgan fingerprint density at radius 2 is 2.18 bits per heavy atom. The van der Waals surface area contributed by atoms with E-state index in [4.69, 9.17) is 11.6 Å². The zero-order chi connectivity index (χ0) is 12.6. The number of likely N-dealkylation sites (N-methyl/N-ethyl adjacent to an activating group) is 1. The lowest BCUT2D eigenvalue weighted by molar-refractivity contribution is -0.125. The standard InChI is InChI=1S/C11H13ClN2O2S/c1-7-3-4-8(15)11(10(7)12)17-14-5-9(16)13(2)6-14/h3-4,15H,5-6H2,1-2H3. The van der Waals surface area contributed by atoms with E-state index in [2.05, 4.69) is 0 Å². The minimum Gasteiger partial charge on any atom is -0.507 e. The van der Waals surface area contributed by atoms with Gasteiger partial charge >= 0.3 is 0 Å². The number of nitrogens with zero attached hydrogens (tertiary/aromatic N) is 2. The van der Waals surface area contributed by atoms with Crippen LogP contribution in [0.5, 0.6) is 5.75 Å². The van der Waals surface area contributed by atoms with Crippen LogP contribution in [0.3, 0.4) is 0 Å². The molecule has 0 spiro atoms. The second-order valence-corrected chi connectivity index (χ2v) is 5.49. The molecule has 1 aromatic carbocycles. The van der Waals surface area contributed by atoms with Crippen molar-refractivity contribution in [1.29, 1.82) is 0 Å². The Bertz CT molecular complexity index is 467. The molecule has 17 heavy (non-hydrogen) atoms. The van der Waals surface area contributed by atoms with Gasteiger partial charge in [-0.05, 0) is 30.5 Å². The first-order valence-corrected chi connectivity index (χ1v) is 6.29. The van der Waals surface area contributed by atoms with Crippen molar-refractivity contribution < 1.29 is 9.90 Å². The van der Waals surface area contributed by atoms with Crippen LogP contribution in [0.1, 0.15) is 5.56 Å². The molecule has 2 rings (SSSR count). The second kappa shape index (κ2) is 4.76. The number of amides is 1. The van der Waals surface area contributed by atoms with E-state index in [1.54, 1.807) is 24.1 Å². The molecule has 0 unspecified atom stereocenters. The monoisotopic (exact) mass is 272 g/mol. The van der Waals surface area contributed by atoms with Crippen LogP contribution in [0.25, 0.3) is 0 Å². The van der Waals surface area contributed by atoms with E-state index in [-0.39, 0.29) is 11.7 Å². The van der Waals surface area contributed by atoms with E-state index in [1.165, 1.54) is 11.9 Å². The van der Waals surface area contributed by atoms with Crippen LogP contribution in [0.15, 0.2) is 17.0 Å². The van der Waals surface area contributed by atoms with Crippen LogP contribution in [0, 0.1) is 6.92 Å². The lowest BCUT2D eigenvalue weighted by atomic mass is 10.2. The molecule has 0 aliphatic carbocycles. The van der Waals surface area contributed by atoms with Crippen LogP contribution in [0.2, 0.25) is 5.02 Å². The first-order valence-electron chi connectivity index (χ1n) is 5.14. The van der Waals surface area contributed by atoms with Crippen molar-refractivity contribution in [3.63, 3.8) is 0 Å². The van der Waals surface area contributed by atoms with Gasteiger partial charge in [0.25, 0.3) is 0 Å². The van der Waals surface area contributed by atoms with Crippen LogP contribution in [-0.4, -0.2) is 40.5 Å². The summed E-state index contributed by atoms with van der Waals surface area (Å²) in [6, 6.07) is 3.38. The average Bonchev–Trinajstić information content (AvgIpc) is 2.59. The van der Waals surface area contributed by atoms with Gasteiger partial charge in [-0.15, -0.1) is 0 Å². The zero-order valence-corrected chi connectivity index (χ0v) is 11.2. The van der Waals surface area contributed by atoms with E-state index in [9.17, 15) is 9.90 Å². The van der Waals surface area contributed by atoms with Gasteiger partial charge in [-0.3, -0.25) is 4.79 Å². The molecule has 4 nitrogen and oxygen atoms in total. The molecule has 1 aromatic rings. The number of aromatic hydroxyl groups is 1. The first-order chi connectivity index (χ1) is 7.99. The third kappa shape index (κ3) is 2.51. The fourth-order valence-electron chi connectivity index (χ4n) is 1.56. The number of halogens is 1. The molecule has 92 valence electrons. The summed E-state index contributed by atoms with van der Waals surface area (Å²) in [4.78, 5) is 13.6. The Hall–Kier alpha value is -0.910. The van der Waals surface area contributed by atoms with Crippen molar-refractivity contribution in [2.24, 2.45) is 0 Å². The van der Waals surface area contributed by atoms with Crippen LogP contribution < -0.4 is 0 Å². The Morgan fingerprint density at radius 3 is 2.76 bits per heavy atom. The highest BCUT2D eigenvalue weighted by atomic mass is 35.5. The van der Waals surface area contributed by atoms with E-state index < -0.39 is 0 Å². The Labute approximate surface area is 109 Å². The average molecular weight is 273 g/mol. The summed E-state index contributed by atoms with van der Waals surface area (Å²) in [7, 11) is 1.75. The van der Waals surface area contributed by atoms with Crippen molar-refractivity contribution >= 4 is 29.5 Å². The third-order valence-corrected chi connectivity index (χ3v) is 4.29. The predicted octanol–water partition coefficient (Wildman–Crippen LogP) is 2.09. The third-order valence-electron chi connectivity index (χ3n) is 2.60. The van der Waals surface area contributed by atoms with Gasteiger partial charge in [0, 0.05) is 7.05 Å². The lowest BCUT2D eigenvalue weighted by Gasteiger charge is -2.16. The molecule has 0 atom stereocenters. The maximum Gasteiger partial charge on any atom is 0.238 e. The summed E-state index contributed by atoms with van der Waals surface area (Å²) in [5.74, 6) is 0.216. The quantitative estimate of drug-likeness (QED) is 0.838. The summed E-state index contributed by atoms with van der Waals surface area (Å²) >= 11 is 7.46. The second-order valence-electron chi connectivity index (χ2n) is 4.01. The highest BCUT2D eigenvalue weighted by Crippen LogP contribution is 2.39. The summed E-state index contributed by atoms with van der Waals surface area (Å²) in [6.07, 6.45) is 0. The number of aryl methyl sites for hydroxylation is 1. The number of carbonyl (C=O) groups is 1. The molecule has 1 heterocycles. The van der Waals surface area contributed by atoms with Crippen LogP contribution in [0.4, 0.5) is 0 Å². The van der Waals surface area contributed by atoms with Gasteiger partial charge in [-0.25, -0.2) is 4.31 Å². The van der Waals surface area contributed by atoms with Gasteiger partial charge < -0.3 is 10.0 Å². The topological polar surface area (TPSA) is 43.8 Å². The minimum absolute atomic E-state index is 0.0702. The fraction of sp³-hybridized carbons (Fsp3) is 0.364. The summed E-state index contributed by atoms with van der Waals surface area (Å²) < 4.78 is 1.86. The Morgan fingerprint density at radius 1 is 1.47 bits per heavy atom. The number of rotatable bonds is 2. The van der Waals surface area contributed by atoms with Gasteiger partial charge in [0.15, 0.2) is 0 Å². The minimum atomic E-state index is 0.0702. The van der Waals surface area contributed by atoms with Gasteiger partial charge in [-0.2, -0.15) is 0 Å². The summed E-state index contributed by atoms with van der Waals surface area (Å²) in [5, 5.41) is 10.3. The Kier molecular flexibility index (Phi) is 3.51. The van der Waals surface area contributed by atoms with E-state index in [0.717, 1.165) is 5.56 Å². The molecule has 1 N–H and O–H groups in total. The van der Waals surface area contributed by atoms with Gasteiger partial charge in [0.2, 0.25) is 5.91 Å². The van der Waals surface area contributed by atoms with E-state index in [1.807, 2.05) is 11.2 Å². The van der Waals surface area contributed by atoms with Crippen molar-refractivity contribution in [2.75, 3.05) is 20.3 Å². The molecule has 0 radical (unpaired) electrons. The molecule has 6 heteroatoms. The molecular formula is C11H13ClN2O2S. The van der Waals surface area contributed by atoms with Crippen molar-refractivity contribution in [2.45, 2.75) is 11.8 Å². The molecule has 1 fully saturated rings. The highest BCUT2D eigenvalue weighted by Gasteiger charge is 2.26. The summed E-state index contributed by atoms with van der Waals surface area (Å²) in [5.41, 5.74) is 0.908. The van der Waals surface area contributed by atoms with Crippen molar-refractivity contribution in [3.8, 4) is 5.75 Å². The van der Waals surface area contributed by atoms with E-state index in [0.29, 0.717) is 23.1 Å². The molecule has 0 aromatic heterocycles. The van der Waals surface area contributed by atoms with Gasteiger partial charge in [0.05, 0.1) is 23.1 Å². The number of hydrogen-bond donors (Lipinski definition) is 1. The largest absolute Gasteiger partial charge is 0.507 e. The lowest BCUT2D eigenvalue weighted by Crippen LogP contribution is -2.20. The van der Waals surface area contributed by atoms with Crippen LogP contribution >= 0.6 is 23.5 Å². The SMILES string of the molecule is Cc1ccc(O)c(SN2CC(=O)N(C)C2)c1Cl. The molecule has 1 saturated heterocycles. The smallest absolute Gasteiger partial charge is 0.238 e. The summed E-state index contributed by atoms with van der Waals surface area (Å²) in [6.45, 7) is 2.76. The predicted molar refractivity (Wildman–Crippen MR) is 68.1 cm³/mol. The molecule has 0 saturated carbocycles. The van der Waals surface area contributed by atoms with Crippen molar-refractivity contribution in [3.05, 3.63) is 22.7 Å². The number of benzene rings is 1. The molecule has 1 aliphatic heterocycles. The maximum absolute atomic E-state index is 11.4. The molecule has 1 amide bonds. The van der Waals surface area contributed by atoms with Gasteiger partial charge in [-0.1, -0.05) is 17.7 Å². The normalized spacial score (nSPS) is 16.9.